The van der Waals surface area contributed by atoms with E-state index in [0.717, 1.165) is 42.4 Å². The molecule has 1 aliphatic heterocycles. The van der Waals surface area contributed by atoms with Crippen LogP contribution in [-0.4, -0.2) is 27.4 Å². The minimum atomic E-state index is -0.0935. The Kier molecular flexibility index (Phi) is 4.56. The van der Waals surface area contributed by atoms with E-state index in [1.807, 2.05) is 25.3 Å². The van der Waals surface area contributed by atoms with Crippen molar-refractivity contribution < 1.29 is 4.79 Å². The largest absolute Gasteiger partial charge is 0.332 e. The van der Waals surface area contributed by atoms with Crippen LogP contribution in [0.15, 0.2) is 11.4 Å². The summed E-state index contributed by atoms with van der Waals surface area (Å²) in [6.07, 6.45) is 3.33. The molecule has 0 aliphatic carbocycles. The SMILES string of the molecule is CC(=O)Nc1nc(C2CCCCN2c2nc(C)cc(C)n2)cs1. The smallest absolute Gasteiger partial charge is 0.226 e. The Labute approximate surface area is 140 Å². The number of aryl methyl sites for hydroxylation is 2. The molecule has 1 unspecified atom stereocenters. The maximum atomic E-state index is 11.2. The van der Waals surface area contributed by atoms with E-state index in [1.54, 1.807) is 0 Å². The Hall–Kier alpha value is -2.02. The highest BCUT2D eigenvalue weighted by molar-refractivity contribution is 7.13. The molecule has 2 aromatic rings. The molecule has 0 bridgehead atoms. The standard InChI is InChI=1S/C16H21N5OS/c1-10-8-11(2)18-15(17-10)21-7-5-4-6-14(21)13-9-23-16(20-13)19-12(3)22/h8-9,14H,4-7H2,1-3H3,(H,19,20,22). The van der Waals surface area contributed by atoms with Gasteiger partial charge in [0.25, 0.3) is 0 Å². The lowest BCUT2D eigenvalue weighted by Crippen LogP contribution is -2.35. The van der Waals surface area contributed by atoms with E-state index in [0.29, 0.717) is 5.13 Å². The zero-order valence-electron chi connectivity index (χ0n) is 13.7. The molecule has 23 heavy (non-hydrogen) atoms. The van der Waals surface area contributed by atoms with Crippen LogP contribution < -0.4 is 10.2 Å². The van der Waals surface area contributed by atoms with Gasteiger partial charge in [-0.2, -0.15) is 0 Å². The van der Waals surface area contributed by atoms with E-state index in [-0.39, 0.29) is 11.9 Å². The number of carbonyl (C=O) groups is 1. The first-order chi connectivity index (χ1) is 11.0. The lowest BCUT2D eigenvalue weighted by Gasteiger charge is -2.35. The third-order valence-corrected chi connectivity index (χ3v) is 4.65. The quantitative estimate of drug-likeness (QED) is 0.935. The molecule has 2 aromatic heterocycles. The molecule has 1 atom stereocenters. The molecule has 3 rings (SSSR count). The summed E-state index contributed by atoms with van der Waals surface area (Å²) in [6.45, 7) is 6.42. The number of hydrogen-bond acceptors (Lipinski definition) is 6. The molecule has 1 amide bonds. The normalized spacial score (nSPS) is 18.0. The highest BCUT2D eigenvalue weighted by Crippen LogP contribution is 2.34. The Balaban J connectivity index is 1.89. The van der Waals surface area contributed by atoms with Gasteiger partial charge in [-0.05, 0) is 39.2 Å². The number of amides is 1. The van der Waals surface area contributed by atoms with E-state index in [4.69, 9.17) is 0 Å². The number of anilines is 2. The maximum absolute atomic E-state index is 11.2. The highest BCUT2D eigenvalue weighted by atomic mass is 32.1. The van der Waals surface area contributed by atoms with Crippen molar-refractivity contribution in [3.05, 3.63) is 28.5 Å². The van der Waals surface area contributed by atoms with Gasteiger partial charge < -0.3 is 10.2 Å². The van der Waals surface area contributed by atoms with Crippen LogP contribution in [0.1, 0.15) is 49.3 Å². The van der Waals surface area contributed by atoms with Crippen LogP contribution in [0, 0.1) is 13.8 Å². The van der Waals surface area contributed by atoms with Gasteiger partial charge in [-0.3, -0.25) is 4.79 Å². The Morgan fingerprint density at radius 1 is 1.26 bits per heavy atom. The van der Waals surface area contributed by atoms with Crippen molar-refractivity contribution in [2.45, 2.75) is 46.1 Å². The van der Waals surface area contributed by atoms with Crippen LogP contribution in [0.5, 0.6) is 0 Å². The Bertz CT molecular complexity index is 694. The topological polar surface area (TPSA) is 71.0 Å². The van der Waals surface area contributed by atoms with E-state index >= 15 is 0 Å². The summed E-state index contributed by atoms with van der Waals surface area (Å²) in [5.74, 6) is 0.685. The average molecular weight is 331 g/mol. The summed E-state index contributed by atoms with van der Waals surface area (Å²) >= 11 is 1.46. The van der Waals surface area contributed by atoms with Gasteiger partial charge in [0.2, 0.25) is 11.9 Å². The third kappa shape index (κ3) is 3.67. The summed E-state index contributed by atoms with van der Waals surface area (Å²) in [4.78, 5) is 27.2. The fraction of sp³-hybridized carbons (Fsp3) is 0.500. The summed E-state index contributed by atoms with van der Waals surface area (Å²) in [5, 5.41) is 5.43. The van der Waals surface area contributed by atoms with Crippen LogP contribution in [0.3, 0.4) is 0 Å². The minimum absolute atomic E-state index is 0.0935. The Morgan fingerprint density at radius 2 is 2.00 bits per heavy atom. The number of rotatable bonds is 3. The van der Waals surface area contributed by atoms with Crippen LogP contribution in [-0.2, 0) is 4.79 Å². The summed E-state index contributed by atoms with van der Waals surface area (Å²) < 4.78 is 0. The second-order valence-corrected chi connectivity index (χ2v) is 6.77. The molecule has 0 radical (unpaired) electrons. The van der Waals surface area contributed by atoms with Gasteiger partial charge in [0, 0.05) is 30.2 Å². The highest BCUT2D eigenvalue weighted by Gasteiger charge is 2.28. The summed E-state index contributed by atoms with van der Waals surface area (Å²) in [7, 11) is 0. The van der Waals surface area contributed by atoms with Crippen molar-refractivity contribution in [1.29, 1.82) is 0 Å². The number of carbonyl (C=O) groups excluding carboxylic acids is 1. The van der Waals surface area contributed by atoms with Crippen molar-refractivity contribution in [2.24, 2.45) is 0 Å². The molecule has 0 aromatic carbocycles. The van der Waals surface area contributed by atoms with Crippen LogP contribution in [0.25, 0.3) is 0 Å². The number of nitrogens with zero attached hydrogens (tertiary/aromatic N) is 4. The van der Waals surface area contributed by atoms with E-state index in [9.17, 15) is 4.79 Å². The molecule has 1 aliphatic rings. The fourth-order valence-corrected chi connectivity index (χ4v) is 3.76. The molecule has 6 nitrogen and oxygen atoms in total. The molecule has 1 saturated heterocycles. The predicted molar refractivity (Wildman–Crippen MR) is 91.9 cm³/mol. The molecule has 0 spiro atoms. The second-order valence-electron chi connectivity index (χ2n) is 5.91. The Morgan fingerprint density at radius 3 is 2.70 bits per heavy atom. The van der Waals surface area contributed by atoms with E-state index in [1.165, 1.54) is 24.7 Å². The van der Waals surface area contributed by atoms with Gasteiger partial charge in [-0.1, -0.05) is 0 Å². The summed E-state index contributed by atoms with van der Waals surface area (Å²) in [5.41, 5.74) is 2.95. The first-order valence-electron chi connectivity index (χ1n) is 7.85. The lowest BCUT2D eigenvalue weighted by atomic mass is 10.0. The van der Waals surface area contributed by atoms with Crippen molar-refractivity contribution in [3.8, 4) is 0 Å². The third-order valence-electron chi connectivity index (χ3n) is 3.88. The second kappa shape index (κ2) is 6.62. The molecule has 3 heterocycles. The molecular weight excluding hydrogens is 310 g/mol. The zero-order chi connectivity index (χ0) is 16.4. The maximum Gasteiger partial charge on any atom is 0.226 e. The zero-order valence-corrected chi connectivity index (χ0v) is 14.5. The first-order valence-corrected chi connectivity index (χ1v) is 8.73. The van der Waals surface area contributed by atoms with Gasteiger partial charge in [0.05, 0.1) is 11.7 Å². The number of piperidine rings is 1. The van der Waals surface area contributed by atoms with E-state index in [2.05, 4.69) is 25.2 Å². The van der Waals surface area contributed by atoms with Crippen molar-refractivity contribution in [3.63, 3.8) is 0 Å². The van der Waals surface area contributed by atoms with Crippen LogP contribution in [0.4, 0.5) is 11.1 Å². The number of thiazole rings is 1. The van der Waals surface area contributed by atoms with Gasteiger partial charge in [0.1, 0.15) is 0 Å². The van der Waals surface area contributed by atoms with Gasteiger partial charge in [0.15, 0.2) is 5.13 Å². The molecule has 7 heteroatoms. The molecule has 1 fully saturated rings. The molecule has 0 saturated carbocycles. The van der Waals surface area contributed by atoms with Crippen LogP contribution >= 0.6 is 11.3 Å². The molecular formula is C16H21N5OS. The van der Waals surface area contributed by atoms with Crippen molar-refractivity contribution >= 4 is 28.3 Å². The number of hydrogen-bond donors (Lipinski definition) is 1. The molecule has 122 valence electrons. The average Bonchev–Trinajstić information content (AvgIpc) is 2.94. The van der Waals surface area contributed by atoms with Crippen molar-refractivity contribution in [2.75, 3.05) is 16.8 Å². The lowest BCUT2D eigenvalue weighted by molar-refractivity contribution is -0.114. The predicted octanol–water partition coefficient (Wildman–Crippen LogP) is 3.24. The molecule has 1 N–H and O–H groups in total. The fourth-order valence-electron chi connectivity index (χ4n) is 2.96. The summed E-state index contributed by atoms with van der Waals surface area (Å²) in [6, 6.07) is 2.16. The van der Waals surface area contributed by atoms with Gasteiger partial charge >= 0.3 is 0 Å². The number of aromatic nitrogens is 3. The number of nitrogens with one attached hydrogen (secondary N) is 1. The minimum Gasteiger partial charge on any atom is -0.332 e. The first kappa shape index (κ1) is 15.9. The van der Waals surface area contributed by atoms with Crippen molar-refractivity contribution in [1.82, 2.24) is 15.0 Å². The van der Waals surface area contributed by atoms with Crippen LogP contribution in [0.2, 0.25) is 0 Å². The van der Waals surface area contributed by atoms with Gasteiger partial charge in [-0.15, -0.1) is 11.3 Å². The monoisotopic (exact) mass is 331 g/mol. The van der Waals surface area contributed by atoms with Gasteiger partial charge in [-0.25, -0.2) is 15.0 Å². The van der Waals surface area contributed by atoms with E-state index < -0.39 is 0 Å².